The van der Waals surface area contributed by atoms with Gasteiger partial charge < -0.3 is 14.8 Å². The summed E-state index contributed by atoms with van der Waals surface area (Å²) in [4.78, 5) is 0. The van der Waals surface area contributed by atoms with Crippen LogP contribution in [0, 0.1) is 77.1 Å². The Morgan fingerprint density at radius 1 is 0.479 bits per heavy atom. The quantitative estimate of drug-likeness (QED) is 0.0692. The van der Waals surface area contributed by atoms with Crippen molar-refractivity contribution in [2.75, 3.05) is 18.1 Å². The topological polar surface area (TPSA) is 140 Å². The summed E-state index contributed by atoms with van der Waals surface area (Å²) in [5.41, 5.74) is 8.72. The molecule has 0 aromatic heterocycles. The van der Waals surface area contributed by atoms with Gasteiger partial charge in [0.1, 0.15) is 12.9 Å². The summed E-state index contributed by atoms with van der Waals surface area (Å²) in [5.74, 6) is 8.64. The van der Waals surface area contributed by atoms with Crippen LogP contribution < -0.4 is 5.73 Å². The molecule has 0 aliphatic heterocycles. The molecule has 0 heterocycles. The second-order valence-electron chi connectivity index (χ2n) is 27.9. The van der Waals surface area contributed by atoms with Crippen LogP contribution in [0.4, 0.5) is 5.69 Å². The maximum absolute atomic E-state index is 13.7. The second-order valence-corrected chi connectivity index (χ2v) is 43.7. The molecule has 2 aromatic carbocycles. The van der Waals surface area contributed by atoms with Crippen LogP contribution in [0.1, 0.15) is 201 Å². The van der Waals surface area contributed by atoms with Gasteiger partial charge in [-0.25, -0.2) is 16.8 Å². The van der Waals surface area contributed by atoms with E-state index in [0.717, 1.165) is 203 Å². The summed E-state index contributed by atoms with van der Waals surface area (Å²) >= 11 is 0. The number of hydrogen-bond acceptors (Lipinski definition) is 7. The minimum atomic E-state index is -4.26. The van der Waals surface area contributed by atoms with Crippen molar-refractivity contribution < 1.29 is 46.4 Å². The molecule has 12 heteroatoms. The van der Waals surface area contributed by atoms with Crippen LogP contribution in [0.3, 0.4) is 0 Å². The molecule has 408 valence electrons. The van der Waals surface area contributed by atoms with Crippen molar-refractivity contribution in [3.8, 4) is 11.1 Å². The molecule has 7 nitrogen and oxygen atoms in total. The summed E-state index contributed by atoms with van der Waals surface area (Å²) < 4.78 is 82.1. The van der Waals surface area contributed by atoms with Crippen molar-refractivity contribution in [2.24, 2.45) is 71.0 Å². The van der Waals surface area contributed by atoms with Gasteiger partial charge in [-0.3, -0.25) is 0 Å². The minimum Gasteiger partial charge on any atom is -0.717 e. The predicted octanol–water partition coefficient (Wildman–Crippen LogP) is 15.8. The van der Waals surface area contributed by atoms with Crippen molar-refractivity contribution in [3.63, 3.8) is 0 Å². The molecule has 16 saturated carbocycles. The molecule has 16 bridgehead atoms. The van der Waals surface area contributed by atoms with Crippen LogP contribution in [0.15, 0.2) is 48.5 Å². The number of nitrogen functional groups attached to an aromatic ring is 1. The minimum absolute atomic E-state index is 0. The van der Waals surface area contributed by atoms with Crippen molar-refractivity contribution in [3.05, 3.63) is 54.6 Å². The number of nitrogens with two attached hydrogens (primary N) is 1. The van der Waals surface area contributed by atoms with E-state index in [1.807, 2.05) is 48.5 Å². The number of para-hydroxylation sites is 1. The molecule has 18 rings (SSSR count). The van der Waals surface area contributed by atoms with Gasteiger partial charge in [-0.1, -0.05) is 57.9 Å². The third-order valence-electron chi connectivity index (χ3n) is 23.5. The number of unbranched alkanes of at least 4 members (excludes halogenated alkanes) is 2. The molecule has 0 saturated heterocycles. The van der Waals surface area contributed by atoms with Gasteiger partial charge in [0, 0.05) is 0 Å². The first kappa shape index (κ1) is 55.9. The maximum atomic E-state index is 13.7. The van der Waals surface area contributed by atoms with E-state index in [4.69, 9.17) is 5.73 Å². The Morgan fingerprint density at radius 3 is 0.959 bits per heavy atom. The molecule has 16 aliphatic rings. The Balaban J connectivity index is 0.000000133. The molecule has 0 atom stereocenters. The number of rotatable bonds is 13. The van der Waals surface area contributed by atoms with E-state index < -0.39 is 32.4 Å². The van der Waals surface area contributed by atoms with Gasteiger partial charge in [-0.2, -0.15) is 0 Å². The van der Waals surface area contributed by atoms with Gasteiger partial charge in [-0.15, -0.1) is 35.9 Å². The molecule has 0 unspecified atom stereocenters. The SMILES string of the molecule is C.CCCC[P+](C12CC3CC(CC(C3)C1)C2)(C12CC3CC(CC(C3)C1)C2)S(=O)(=O)[O-].CCCC[P+](C12CC3CC(CC(C3)C1)C2)(C12CC3CC(CC(C3)C1)C2)S(=O)(=O)[O-].Nc1ccccc1-c1[c-]cccc1.[Pd+2]. The molecule has 16 fully saturated rings. The predicted molar refractivity (Wildman–Crippen MR) is 298 cm³/mol. The molecular weight excluding hydrogens is 1080 g/mol. The molecule has 2 aromatic rings. The molecule has 73 heavy (non-hydrogen) atoms. The Labute approximate surface area is 457 Å². The standard InChI is InChI=1S/2C24H39O3PS.C12H10N.CH4.Pd/c2*1-2-3-4-28(29(25,26)27,23-11-17-5-18(12-23)7-19(6-17)13-23)24-14-20-8-21(15-24)10-22(9-20)16-24;13-12-9-5-4-8-11(12)10-6-2-1-3-7-10;;/h2*17-22H,2-16H2,1H3;1-6,8-9H,13H2;1H4;/q;;-1;;+2. The average molecular weight is 1170 g/mol. The van der Waals surface area contributed by atoms with Gasteiger partial charge in [0.2, 0.25) is 19.5 Å². The van der Waals surface area contributed by atoms with E-state index in [0.29, 0.717) is 0 Å². The van der Waals surface area contributed by atoms with Gasteiger partial charge in [-0.05, 0) is 250 Å². The zero-order chi connectivity index (χ0) is 49.2. The smallest absolute Gasteiger partial charge is 0.717 e. The van der Waals surface area contributed by atoms with Crippen molar-refractivity contribution in [1.82, 2.24) is 0 Å². The molecular formula is C61H92NO6P2PdS2+. The summed E-state index contributed by atoms with van der Waals surface area (Å²) in [7, 11) is -8.53. The Hall–Kier alpha value is -0.418. The van der Waals surface area contributed by atoms with Gasteiger partial charge in [0.05, 0.1) is 32.9 Å². The molecule has 2 N–H and O–H groups in total. The fraction of sp³-hybridized carbons (Fsp3) is 0.803. The third kappa shape index (κ3) is 9.15. The first-order valence-electron chi connectivity index (χ1n) is 29.4. The Kier molecular flexibility index (Phi) is 15.8. The third-order valence-corrected chi connectivity index (χ3v) is 45.5. The molecule has 16 aliphatic carbocycles. The van der Waals surface area contributed by atoms with E-state index in [9.17, 15) is 25.9 Å². The number of hydrogen-bond donors (Lipinski definition) is 1. The number of benzene rings is 2. The van der Waals surface area contributed by atoms with Gasteiger partial charge in [0.15, 0.2) is 0 Å². The fourth-order valence-electron chi connectivity index (χ4n) is 23.2. The zero-order valence-corrected chi connectivity index (χ0v) is 48.8. The summed E-state index contributed by atoms with van der Waals surface area (Å²) in [6.07, 6.45) is 34.6. The molecule has 0 radical (unpaired) electrons. The summed E-state index contributed by atoms with van der Waals surface area (Å²) in [6.45, 7) is -0.986. The molecule has 0 spiro atoms. The van der Waals surface area contributed by atoms with Crippen LogP contribution in [-0.2, 0) is 39.9 Å². The Morgan fingerprint density at radius 2 is 0.740 bits per heavy atom. The van der Waals surface area contributed by atoms with E-state index >= 15 is 0 Å². The Bertz CT molecular complexity index is 2160. The second kappa shape index (κ2) is 20.6. The van der Waals surface area contributed by atoms with E-state index in [1.54, 1.807) is 0 Å². The zero-order valence-electron chi connectivity index (χ0n) is 43.8. The summed E-state index contributed by atoms with van der Waals surface area (Å²) in [5, 5.41) is -0.376. The van der Waals surface area contributed by atoms with Crippen LogP contribution in [0.25, 0.3) is 11.1 Å². The van der Waals surface area contributed by atoms with E-state index in [-0.39, 0.29) is 48.5 Å². The summed E-state index contributed by atoms with van der Waals surface area (Å²) in [6, 6.07) is 18.8. The normalized spacial score (nSPS) is 43.1. The van der Waals surface area contributed by atoms with Crippen LogP contribution in [0.5, 0.6) is 0 Å². The molecule has 0 amide bonds. The van der Waals surface area contributed by atoms with Crippen LogP contribution >= 0.6 is 12.9 Å². The van der Waals surface area contributed by atoms with Crippen molar-refractivity contribution in [1.29, 1.82) is 0 Å². The first-order chi connectivity index (χ1) is 33.9. The van der Waals surface area contributed by atoms with Crippen LogP contribution in [-0.4, -0.2) is 58.9 Å². The van der Waals surface area contributed by atoms with Gasteiger partial charge in [0.25, 0.3) is 0 Å². The maximum Gasteiger partial charge on any atom is 2.00 e. The van der Waals surface area contributed by atoms with E-state index in [2.05, 4.69) is 19.9 Å². The average Bonchev–Trinajstić information content (AvgIpc) is 3.27. The monoisotopic (exact) mass is 1170 g/mol. The first-order valence-corrected chi connectivity index (χ1v) is 37.4. The fourth-order valence-corrected chi connectivity index (χ4v) is 48.1. The van der Waals surface area contributed by atoms with Gasteiger partial charge >= 0.3 is 20.4 Å². The number of anilines is 1. The van der Waals surface area contributed by atoms with Crippen molar-refractivity contribution in [2.45, 2.75) is 222 Å². The van der Waals surface area contributed by atoms with Crippen molar-refractivity contribution >= 4 is 38.1 Å². The largest absolute Gasteiger partial charge is 2.00 e. The van der Waals surface area contributed by atoms with E-state index in [1.165, 1.54) is 77.0 Å². The van der Waals surface area contributed by atoms with Crippen LogP contribution in [0.2, 0.25) is 0 Å².